The molecule has 1 aliphatic rings. The number of carbonyl (C=O) groups excluding carboxylic acids is 1. The number of hydrogen-bond acceptors (Lipinski definition) is 5. The molecule has 2 atom stereocenters. The predicted molar refractivity (Wildman–Crippen MR) is 145 cm³/mol. The summed E-state index contributed by atoms with van der Waals surface area (Å²) in [7, 11) is -3.25. The van der Waals surface area contributed by atoms with Crippen molar-refractivity contribution in [1.29, 1.82) is 0 Å². The number of nitrogens with zero attached hydrogens (tertiary/aromatic N) is 2. The van der Waals surface area contributed by atoms with Gasteiger partial charge in [0.2, 0.25) is 5.91 Å². The van der Waals surface area contributed by atoms with Gasteiger partial charge in [-0.25, -0.2) is 8.42 Å². The van der Waals surface area contributed by atoms with E-state index >= 15 is 0 Å². The average molecular weight is 500 g/mol. The number of benzene rings is 2. The third kappa shape index (κ3) is 7.15. The summed E-state index contributed by atoms with van der Waals surface area (Å²) in [5.41, 5.74) is 2.78. The van der Waals surface area contributed by atoms with E-state index in [9.17, 15) is 13.2 Å². The van der Waals surface area contributed by atoms with Crippen molar-refractivity contribution >= 4 is 27.1 Å². The number of rotatable bonds is 11. The maximum absolute atomic E-state index is 13.0. The monoisotopic (exact) mass is 499 g/mol. The lowest BCUT2D eigenvalue weighted by Crippen LogP contribution is -2.52. The number of piperidine rings is 1. The summed E-state index contributed by atoms with van der Waals surface area (Å²) in [4.78, 5) is 16.8. The second kappa shape index (κ2) is 12.7. The van der Waals surface area contributed by atoms with Crippen LogP contribution in [0.4, 0.5) is 11.4 Å². The maximum Gasteiger partial charge on any atom is 0.231 e. The van der Waals surface area contributed by atoms with E-state index in [2.05, 4.69) is 36.2 Å². The topological polar surface area (TPSA) is 69.7 Å². The van der Waals surface area contributed by atoms with Crippen molar-refractivity contribution in [2.45, 2.75) is 64.3 Å². The average Bonchev–Trinajstić information content (AvgIpc) is 2.84. The van der Waals surface area contributed by atoms with Gasteiger partial charge in [0.25, 0.3) is 0 Å². The van der Waals surface area contributed by atoms with Crippen molar-refractivity contribution in [1.82, 2.24) is 10.2 Å². The highest BCUT2D eigenvalue weighted by Crippen LogP contribution is 2.30. The molecule has 0 spiro atoms. The molecule has 2 aromatic carbocycles. The van der Waals surface area contributed by atoms with Gasteiger partial charge in [-0.05, 0) is 88.0 Å². The van der Waals surface area contributed by atoms with Gasteiger partial charge >= 0.3 is 0 Å². The molecule has 0 radical (unpaired) electrons. The van der Waals surface area contributed by atoms with E-state index in [1.54, 1.807) is 4.90 Å². The third-order valence-electron chi connectivity index (χ3n) is 6.87. The summed E-state index contributed by atoms with van der Waals surface area (Å²) < 4.78 is 26.0. The Labute approximate surface area is 211 Å². The van der Waals surface area contributed by atoms with E-state index in [1.165, 1.54) is 6.26 Å². The van der Waals surface area contributed by atoms with Crippen molar-refractivity contribution in [3.8, 4) is 0 Å². The largest absolute Gasteiger partial charge is 0.317 e. The van der Waals surface area contributed by atoms with Gasteiger partial charge in [-0.3, -0.25) is 14.6 Å². The molecule has 1 fully saturated rings. The number of para-hydroxylation sites is 1. The predicted octanol–water partition coefficient (Wildman–Crippen LogP) is 4.77. The Balaban J connectivity index is 1.89. The fourth-order valence-electron chi connectivity index (χ4n) is 5.31. The van der Waals surface area contributed by atoms with Crippen LogP contribution >= 0.6 is 0 Å². The minimum absolute atomic E-state index is 0.0389. The lowest BCUT2D eigenvalue weighted by molar-refractivity contribution is -0.117. The van der Waals surface area contributed by atoms with Crippen LogP contribution < -0.4 is 10.2 Å². The van der Waals surface area contributed by atoms with Gasteiger partial charge in [0.15, 0.2) is 9.84 Å². The lowest BCUT2D eigenvalue weighted by Gasteiger charge is -2.41. The van der Waals surface area contributed by atoms with Crippen LogP contribution in [0.25, 0.3) is 0 Å². The normalized spacial score (nSPS) is 16.7. The zero-order valence-corrected chi connectivity index (χ0v) is 22.4. The minimum atomic E-state index is -3.25. The molecule has 35 heavy (non-hydrogen) atoms. The van der Waals surface area contributed by atoms with Crippen molar-refractivity contribution in [3.05, 3.63) is 60.2 Å². The molecule has 3 rings (SSSR count). The van der Waals surface area contributed by atoms with Crippen molar-refractivity contribution in [2.75, 3.05) is 30.8 Å². The molecule has 2 unspecified atom stereocenters. The number of hydrogen-bond donors (Lipinski definition) is 1. The van der Waals surface area contributed by atoms with Crippen molar-refractivity contribution < 1.29 is 13.2 Å². The van der Waals surface area contributed by atoms with Crippen LogP contribution in [0.1, 0.15) is 52.0 Å². The van der Waals surface area contributed by atoms with Gasteiger partial charge in [0.05, 0.1) is 0 Å². The first-order chi connectivity index (χ1) is 16.8. The van der Waals surface area contributed by atoms with E-state index in [0.29, 0.717) is 12.8 Å². The smallest absolute Gasteiger partial charge is 0.231 e. The maximum atomic E-state index is 13.0. The Morgan fingerprint density at radius 1 is 1.03 bits per heavy atom. The molecule has 7 heteroatoms. The highest BCUT2D eigenvalue weighted by molar-refractivity contribution is 7.91. The van der Waals surface area contributed by atoms with E-state index in [-0.39, 0.29) is 17.9 Å². The van der Waals surface area contributed by atoms with Gasteiger partial charge < -0.3 is 5.32 Å². The quantitative estimate of drug-likeness (QED) is 0.482. The van der Waals surface area contributed by atoms with Crippen LogP contribution in [0.2, 0.25) is 0 Å². The molecule has 2 aromatic rings. The number of carbonyl (C=O) groups is 1. The zero-order chi connectivity index (χ0) is 25.4. The fourth-order valence-corrected chi connectivity index (χ4v) is 7.08. The highest BCUT2D eigenvalue weighted by atomic mass is 32.2. The third-order valence-corrected chi connectivity index (χ3v) is 8.40. The van der Waals surface area contributed by atoms with Gasteiger partial charge in [-0.15, -0.1) is 0 Å². The fraction of sp³-hybridized carbons (Fsp3) is 0.536. The molecule has 0 saturated carbocycles. The summed E-state index contributed by atoms with van der Waals surface area (Å²) in [6.07, 6.45) is 5.18. The Kier molecular flexibility index (Phi) is 9.89. The molecule has 1 heterocycles. The number of amides is 1. The van der Waals surface area contributed by atoms with Gasteiger partial charge in [-0.2, -0.15) is 0 Å². The summed E-state index contributed by atoms with van der Waals surface area (Å²) in [6, 6.07) is 17.9. The number of sulfone groups is 1. The first kappa shape index (κ1) is 27.4. The van der Waals surface area contributed by atoms with Crippen LogP contribution in [0, 0.1) is 5.92 Å². The van der Waals surface area contributed by atoms with Crippen LogP contribution in [0.15, 0.2) is 54.6 Å². The SMILES string of the molecule is CCCN(C(C)Cc1cccc(N(C(=O)CC)c2ccccc2)c1)C(C1CCNCC1)S(C)(=O)=O. The van der Waals surface area contributed by atoms with E-state index < -0.39 is 15.2 Å². The van der Waals surface area contributed by atoms with Crippen molar-refractivity contribution in [3.63, 3.8) is 0 Å². The van der Waals surface area contributed by atoms with Crippen LogP contribution in [-0.4, -0.2) is 56.5 Å². The van der Waals surface area contributed by atoms with Gasteiger partial charge in [0.1, 0.15) is 5.37 Å². The number of nitrogens with one attached hydrogen (secondary N) is 1. The summed E-state index contributed by atoms with van der Waals surface area (Å²) in [5.74, 6) is 0.180. The molecule has 192 valence electrons. The van der Waals surface area contributed by atoms with Crippen molar-refractivity contribution in [2.24, 2.45) is 5.92 Å². The van der Waals surface area contributed by atoms with E-state index in [1.807, 2.05) is 49.4 Å². The Bertz CT molecular complexity index is 1050. The Morgan fingerprint density at radius 2 is 1.69 bits per heavy atom. The summed E-state index contributed by atoms with van der Waals surface area (Å²) in [5, 5.41) is 2.89. The Hall–Kier alpha value is -2.22. The molecule has 0 aliphatic carbocycles. The van der Waals surface area contributed by atoms with E-state index in [4.69, 9.17) is 0 Å². The standard InChI is InChI=1S/C28H41N3O3S/c1-5-19-30(28(35(4,33)34)24-15-17-29-18-16-24)22(3)20-23-11-10-14-26(21-23)31(27(32)6-2)25-12-8-7-9-13-25/h7-14,21-22,24,28-29H,5-6,15-20H2,1-4H3. The Morgan fingerprint density at radius 3 is 2.29 bits per heavy atom. The molecule has 1 saturated heterocycles. The van der Waals surface area contributed by atoms with Crippen LogP contribution in [0.5, 0.6) is 0 Å². The lowest BCUT2D eigenvalue weighted by atomic mass is 9.95. The first-order valence-corrected chi connectivity index (χ1v) is 14.8. The van der Waals surface area contributed by atoms with Gasteiger partial charge in [-0.1, -0.05) is 44.2 Å². The number of anilines is 2. The second-order valence-electron chi connectivity index (χ2n) is 9.69. The molecule has 1 amide bonds. The van der Waals surface area contributed by atoms with E-state index in [0.717, 1.165) is 55.8 Å². The summed E-state index contributed by atoms with van der Waals surface area (Å²) >= 11 is 0. The van der Waals surface area contributed by atoms with Crippen LogP contribution in [0.3, 0.4) is 0 Å². The molecule has 1 aliphatic heterocycles. The van der Waals surface area contributed by atoms with Gasteiger partial charge in [0, 0.05) is 30.1 Å². The first-order valence-electron chi connectivity index (χ1n) is 12.9. The molecular formula is C28H41N3O3S. The van der Waals surface area contributed by atoms with Crippen LogP contribution in [-0.2, 0) is 21.1 Å². The molecule has 0 aromatic heterocycles. The molecule has 6 nitrogen and oxygen atoms in total. The highest BCUT2D eigenvalue weighted by Gasteiger charge is 2.38. The summed E-state index contributed by atoms with van der Waals surface area (Å²) in [6.45, 7) is 8.59. The zero-order valence-electron chi connectivity index (χ0n) is 21.6. The molecular weight excluding hydrogens is 458 g/mol. The molecule has 0 bridgehead atoms. The molecule has 1 N–H and O–H groups in total. The second-order valence-corrected chi connectivity index (χ2v) is 11.8. The minimum Gasteiger partial charge on any atom is -0.317 e.